The number of aliphatic hydroxyl groups is 2. The van der Waals surface area contributed by atoms with Gasteiger partial charge in [-0.05, 0) is 89.9 Å². The van der Waals surface area contributed by atoms with E-state index in [0.29, 0.717) is 19.3 Å². The first-order valence-corrected chi connectivity index (χ1v) is 32.6. The predicted molar refractivity (Wildman–Crippen MR) is 331 cm³/mol. The Bertz CT molecular complexity index is 1730. The van der Waals surface area contributed by atoms with E-state index in [9.17, 15) is 34.5 Å². The number of unbranched alkanes of at least 4 members (excludes halogenated alkanes) is 27. The highest BCUT2D eigenvalue weighted by molar-refractivity contribution is 5.74. The molecule has 3 N–H and O–H groups in total. The highest BCUT2D eigenvalue weighted by Gasteiger charge is 2.50. The van der Waals surface area contributed by atoms with Crippen molar-refractivity contribution in [3.05, 3.63) is 85.1 Å². The van der Waals surface area contributed by atoms with Crippen LogP contribution in [0.1, 0.15) is 278 Å². The maximum absolute atomic E-state index is 13.2. The summed E-state index contributed by atoms with van der Waals surface area (Å²) in [5, 5.41) is 31.6. The van der Waals surface area contributed by atoms with Crippen LogP contribution in [-0.2, 0) is 42.9 Å². The summed E-state index contributed by atoms with van der Waals surface area (Å²) >= 11 is 0. The Labute approximate surface area is 492 Å². The molecule has 0 radical (unpaired) electrons. The average molecular weight is 1140 g/mol. The van der Waals surface area contributed by atoms with Gasteiger partial charge in [0.15, 0.2) is 24.6 Å². The summed E-state index contributed by atoms with van der Waals surface area (Å²) in [6.45, 7) is 5.77. The van der Waals surface area contributed by atoms with Gasteiger partial charge >= 0.3 is 23.9 Å². The monoisotopic (exact) mass is 1140 g/mol. The molecular formula is C69H116O12. The van der Waals surface area contributed by atoms with Gasteiger partial charge in [0, 0.05) is 19.3 Å². The van der Waals surface area contributed by atoms with Crippen LogP contribution in [0.3, 0.4) is 0 Å². The fraction of sp³-hybridized carbons (Fsp3) is 0.739. The minimum atomic E-state index is -1.91. The second kappa shape index (κ2) is 56.4. The number of allylic oxidation sites excluding steroid dienone is 14. The van der Waals surface area contributed by atoms with Crippen molar-refractivity contribution in [2.45, 2.75) is 314 Å². The number of rotatable bonds is 55. The minimum Gasteiger partial charge on any atom is -0.479 e. The van der Waals surface area contributed by atoms with E-state index in [1.165, 1.54) is 77.0 Å². The van der Waals surface area contributed by atoms with Crippen LogP contribution in [0.15, 0.2) is 85.1 Å². The number of carbonyl (C=O) groups is 4. The van der Waals surface area contributed by atoms with Crippen molar-refractivity contribution in [1.29, 1.82) is 0 Å². The molecule has 81 heavy (non-hydrogen) atoms. The molecule has 12 heteroatoms. The van der Waals surface area contributed by atoms with Crippen molar-refractivity contribution in [2.24, 2.45) is 0 Å². The first-order chi connectivity index (χ1) is 39.6. The standard InChI is InChI=1S/C69H116O12/c1-4-7-10-13-16-19-22-25-28-30-31-33-35-37-40-43-46-49-52-55-61(70)77-58-60(79-62(71)56-53-50-47-44-41-38-34-27-24-21-18-15-12-9-6-3)59-78-69-67(65(74)64(73)66(81-69)68(75)76)80-63(72)57-54-51-48-45-42-39-36-32-29-26-23-20-17-14-11-8-5-2/h7,9-10,12,16,18-19,21,25,27-28,31,33-34,60,64-67,69,73-74H,4-6,8,11,13-15,17,20,22-24,26,29-30,32,35-59H2,1-3H3,(H,75,76)/b10-7-,12-9-,19-16-,21-18-,28-25-,33-31-,34-27-. The molecule has 0 amide bonds. The van der Waals surface area contributed by atoms with E-state index in [4.69, 9.17) is 23.7 Å². The molecule has 6 atom stereocenters. The third kappa shape index (κ3) is 46.0. The third-order valence-corrected chi connectivity index (χ3v) is 14.5. The van der Waals surface area contributed by atoms with Crippen LogP contribution in [-0.4, -0.2) is 89.2 Å². The molecule has 1 saturated heterocycles. The lowest BCUT2D eigenvalue weighted by Crippen LogP contribution is -2.61. The lowest BCUT2D eigenvalue weighted by atomic mass is 9.98. The largest absolute Gasteiger partial charge is 0.479 e. The third-order valence-electron chi connectivity index (χ3n) is 14.5. The van der Waals surface area contributed by atoms with E-state index in [1.54, 1.807) is 0 Å². The van der Waals surface area contributed by atoms with Gasteiger partial charge in [0.05, 0.1) is 6.61 Å². The second-order valence-corrected chi connectivity index (χ2v) is 22.0. The van der Waals surface area contributed by atoms with Gasteiger partial charge in [-0.15, -0.1) is 0 Å². The molecule has 1 aliphatic heterocycles. The number of carboxylic acid groups (broad SMARTS) is 1. The summed E-state index contributed by atoms with van der Waals surface area (Å²) in [5.74, 6) is -3.15. The summed E-state index contributed by atoms with van der Waals surface area (Å²) in [7, 11) is 0. The smallest absolute Gasteiger partial charge is 0.335 e. The zero-order valence-corrected chi connectivity index (χ0v) is 51.3. The van der Waals surface area contributed by atoms with Crippen molar-refractivity contribution in [1.82, 2.24) is 0 Å². The van der Waals surface area contributed by atoms with Gasteiger partial charge in [0.25, 0.3) is 0 Å². The summed E-state index contributed by atoms with van der Waals surface area (Å²) in [4.78, 5) is 51.3. The summed E-state index contributed by atoms with van der Waals surface area (Å²) in [6.07, 6.45) is 61.1. The Morgan fingerprint density at radius 1 is 0.420 bits per heavy atom. The molecule has 0 bridgehead atoms. The fourth-order valence-corrected chi connectivity index (χ4v) is 9.55. The van der Waals surface area contributed by atoms with Crippen molar-refractivity contribution in [3.8, 4) is 0 Å². The quantitative estimate of drug-likeness (QED) is 0.0228. The normalized spacial score (nSPS) is 18.3. The van der Waals surface area contributed by atoms with Crippen LogP contribution in [0.4, 0.5) is 0 Å². The Kier molecular flexibility index (Phi) is 52.1. The predicted octanol–water partition coefficient (Wildman–Crippen LogP) is 17.5. The van der Waals surface area contributed by atoms with Gasteiger partial charge in [0.1, 0.15) is 18.8 Å². The lowest BCUT2D eigenvalue weighted by molar-refractivity contribution is -0.301. The zero-order valence-electron chi connectivity index (χ0n) is 51.3. The summed E-state index contributed by atoms with van der Waals surface area (Å²) < 4.78 is 28.5. The van der Waals surface area contributed by atoms with Gasteiger partial charge in [0.2, 0.25) is 0 Å². The van der Waals surface area contributed by atoms with Crippen LogP contribution >= 0.6 is 0 Å². The van der Waals surface area contributed by atoms with Crippen LogP contribution in [0.5, 0.6) is 0 Å². The molecule has 1 aliphatic rings. The van der Waals surface area contributed by atoms with Crippen LogP contribution in [0.2, 0.25) is 0 Å². The average Bonchev–Trinajstić information content (AvgIpc) is 3.53. The van der Waals surface area contributed by atoms with E-state index >= 15 is 0 Å². The van der Waals surface area contributed by atoms with Gasteiger partial charge in [-0.25, -0.2) is 4.79 Å². The molecule has 12 nitrogen and oxygen atoms in total. The highest BCUT2D eigenvalue weighted by Crippen LogP contribution is 2.27. The maximum atomic E-state index is 13.2. The number of carbonyl (C=O) groups excluding carboxylic acids is 3. The first-order valence-electron chi connectivity index (χ1n) is 32.6. The summed E-state index contributed by atoms with van der Waals surface area (Å²) in [5.41, 5.74) is 0. The topological polar surface area (TPSA) is 175 Å². The second-order valence-electron chi connectivity index (χ2n) is 22.0. The number of hydrogen-bond acceptors (Lipinski definition) is 11. The van der Waals surface area contributed by atoms with Gasteiger partial charge < -0.3 is 39.0 Å². The minimum absolute atomic E-state index is 0.0579. The molecule has 1 heterocycles. The molecule has 0 aromatic carbocycles. The Hall–Kier alpha value is -4.10. The molecular weight excluding hydrogens is 1020 g/mol. The van der Waals surface area contributed by atoms with Crippen molar-refractivity contribution in [2.75, 3.05) is 13.2 Å². The number of esters is 3. The zero-order chi connectivity index (χ0) is 58.9. The number of aliphatic hydroxyl groups excluding tert-OH is 2. The van der Waals surface area contributed by atoms with Crippen molar-refractivity contribution >= 4 is 23.9 Å². The molecule has 0 spiro atoms. The molecule has 1 fully saturated rings. The van der Waals surface area contributed by atoms with E-state index in [-0.39, 0.29) is 25.9 Å². The fourth-order valence-electron chi connectivity index (χ4n) is 9.55. The molecule has 0 aromatic heterocycles. The molecule has 0 aliphatic carbocycles. The van der Waals surface area contributed by atoms with Gasteiger partial charge in [-0.3, -0.25) is 14.4 Å². The molecule has 1 rings (SSSR count). The van der Waals surface area contributed by atoms with E-state index in [0.717, 1.165) is 141 Å². The molecule has 464 valence electrons. The van der Waals surface area contributed by atoms with E-state index in [1.807, 2.05) is 0 Å². The van der Waals surface area contributed by atoms with E-state index < -0.39 is 67.3 Å². The van der Waals surface area contributed by atoms with Crippen molar-refractivity contribution in [3.63, 3.8) is 0 Å². The maximum Gasteiger partial charge on any atom is 0.335 e. The van der Waals surface area contributed by atoms with Gasteiger partial charge in [-0.2, -0.15) is 0 Å². The van der Waals surface area contributed by atoms with Crippen LogP contribution in [0, 0.1) is 0 Å². The van der Waals surface area contributed by atoms with Crippen LogP contribution < -0.4 is 0 Å². The van der Waals surface area contributed by atoms with Gasteiger partial charge in [-0.1, -0.05) is 254 Å². The summed E-state index contributed by atoms with van der Waals surface area (Å²) in [6, 6.07) is 0. The number of hydrogen-bond donors (Lipinski definition) is 3. The lowest BCUT2D eigenvalue weighted by Gasteiger charge is -2.40. The SMILES string of the molecule is CC/C=C\C/C=C\C/C=C\C/C=C\CCCCCCCCC(=O)OCC(COC1OC(C(=O)O)C(O)C(O)C1OC(=O)CCCCCCCCCCCCCCCCCCC)OC(=O)CCCCCCC/C=C\C/C=C\C/C=C\CC. The number of ether oxygens (including phenoxy) is 5. The highest BCUT2D eigenvalue weighted by atomic mass is 16.7. The number of aliphatic carboxylic acids is 1. The Morgan fingerprint density at radius 2 is 0.778 bits per heavy atom. The van der Waals surface area contributed by atoms with Crippen molar-refractivity contribution < 1.29 is 58.2 Å². The van der Waals surface area contributed by atoms with E-state index in [2.05, 4.69) is 106 Å². The van der Waals surface area contributed by atoms with Crippen LogP contribution in [0.25, 0.3) is 0 Å². The number of carboxylic acids is 1. The Balaban J connectivity index is 2.67. The molecule has 0 aromatic rings. The molecule has 0 saturated carbocycles. The first kappa shape index (κ1) is 74.9. The molecule has 6 unspecified atom stereocenters. The Morgan fingerprint density at radius 3 is 1.19 bits per heavy atom.